The lowest BCUT2D eigenvalue weighted by Gasteiger charge is -2.03. The third kappa shape index (κ3) is 3.58. The minimum absolute atomic E-state index is 0.169. The van der Waals surface area contributed by atoms with Gasteiger partial charge in [-0.15, -0.1) is 6.58 Å². The van der Waals surface area contributed by atoms with Crippen molar-refractivity contribution in [3.63, 3.8) is 0 Å². The van der Waals surface area contributed by atoms with E-state index in [0.717, 1.165) is 5.56 Å². The summed E-state index contributed by atoms with van der Waals surface area (Å²) < 4.78 is 1.61. The van der Waals surface area contributed by atoms with E-state index >= 15 is 0 Å². The zero-order chi connectivity index (χ0) is 17.6. The van der Waals surface area contributed by atoms with Crippen molar-refractivity contribution in [1.29, 1.82) is 0 Å². The van der Waals surface area contributed by atoms with Crippen LogP contribution in [-0.2, 0) is 6.54 Å². The lowest BCUT2D eigenvalue weighted by atomic mass is 10.2. The molecule has 2 aromatic heterocycles. The topological polar surface area (TPSA) is 75.5 Å². The molecule has 6 heteroatoms. The predicted molar refractivity (Wildman–Crippen MR) is 95.3 cm³/mol. The van der Waals surface area contributed by atoms with Crippen LogP contribution < -0.4 is 10.6 Å². The number of nitrogens with one attached hydrogen (secondary N) is 2. The van der Waals surface area contributed by atoms with Crippen molar-refractivity contribution in [2.45, 2.75) is 6.54 Å². The van der Waals surface area contributed by atoms with Gasteiger partial charge in [-0.05, 0) is 17.7 Å². The van der Waals surface area contributed by atoms with Gasteiger partial charge in [0.15, 0.2) is 5.69 Å². The molecule has 3 rings (SSSR count). The van der Waals surface area contributed by atoms with Crippen LogP contribution in [0.3, 0.4) is 0 Å². The van der Waals surface area contributed by atoms with Crippen LogP contribution in [0.2, 0.25) is 0 Å². The molecule has 0 saturated heterocycles. The van der Waals surface area contributed by atoms with Gasteiger partial charge < -0.3 is 10.6 Å². The van der Waals surface area contributed by atoms with Crippen LogP contribution in [0, 0.1) is 0 Å². The Morgan fingerprint density at radius 1 is 1.04 bits per heavy atom. The SMILES string of the molecule is C=CCNC(=O)c1nc(C(=O)NCc2ccccc2)c2ccccn12. The molecule has 1 aromatic carbocycles. The average Bonchev–Trinajstić information content (AvgIpc) is 3.05. The second-order valence-corrected chi connectivity index (χ2v) is 5.41. The van der Waals surface area contributed by atoms with Crippen LogP contribution in [0.25, 0.3) is 5.52 Å². The molecule has 25 heavy (non-hydrogen) atoms. The summed E-state index contributed by atoms with van der Waals surface area (Å²) in [6.45, 7) is 4.29. The van der Waals surface area contributed by atoms with E-state index in [0.29, 0.717) is 18.6 Å². The lowest BCUT2D eigenvalue weighted by molar-refractivity contribution is 0.0946. The summed E-state index contributed by atoms with van der Waals surface area (Å²) in [4.78, 5) is 29.1. The first-order chi connectivity index (χ1) is 12.2. The molecular weight excluding hydrogens is 316 g/mol. The van der Waals surface area contributed by atoms with E-state index in [1.165, 1.54) is 0 Å². The van der Waals surface area contributed by atoms with Crippen LogP contribution in [0.1, 0.15) is 26.7 Å². The third-order valence-corrected chi connectivity index (χ3v) is 3.67. The zero-order valence-electron chi connectivity index (χ0n) is 13.6. The van der Waals surface area contributed by atoms with Crippen molar-refractivity contribution in [3.05, 3.63) is 84.5 Å². The van der Waals surface area contributed by atoms with Gasteiger partial charge in [0.25, 0.3) is 11.8 Å². The Kier molecular flexibility index (Phi) is 4.89. The molecule has 2 amide bonds. The molecule has 0 aliphatic heterocycles. The molecule has 126 valence electrons. The van der Waals surface area contributed by atoms with Crippen LogP contribution in [0.5, 0.6) is 0 Å². The number of amides is 2. The van der Waals surface area contributed by atoms with Crippen LogP contribution >= 0.6 is 0 Å². The van der Waals surface area contributed by atoms with Gasteiger partial charge in [0.1, 0.15) is 0 Å². The first-order valence-electron chi connectivity index (χ1n) is 7.89. The number of rotatable bonds is 6. The lowest BCUT2D eigenvalue weighted by Crippen LogP contribution is -2.26. The zero-order valence-corrected chi connectivity index (χ0v) is 13.6. The summed E-state index contributed by atoms with van der Waals surface area (Å²) in [5, 5.41) is 5.52. The van der Waals surface area contributed by atoms with Crippen molar-refractivity contribution in [3.8, 4) is 0 Å². The van der Waals surface area contributed by atoms with E-state index < -0.39 is 0 Å². The highest BCUT2D eigenvalue weighted by atomic mass is 16.2. The number of nitrogens with zero attached hydrogens (tertiary/aromatic N) is 2. The number of hydrogen-bond donors (Lipinski definition) is 2. The fourth-order valence-electron chi connectivity index (χ4n) is 2.47. The number of carbonyl (C=O) groups is 2. The summed E-state index contributed by atoms with van der Waals surface area (Å²) in [7, 11) is 0. The van der Waals surface area contributed by atoms with Crippen molar-refractivity contribution in [2.75, 3.05) is 6.54 Å². The first kappa shape index (κ1) is 16.4. The molecule has 0 spiro atoms. The Labute approximate surface area is 145 Å². The number of fused-ring (bicyclic) bond motifs is 1. The summed E-state index contributed by atoms with van der Waals surface area (Å²) in [6, 6.07) is 14.9. The van der Waals surface area contributed by atoms with Gasteiger partial charge in [-0.2, -0.15) is 0 Å². The molecule has 2 heterocycles. The molecule has 0 aliphatic rings. The van der Waals surface area contributed by atoms with Crippen molar-refractivity contribution in [1.82, 2.24) is 20.0 Å². The van der Waals surface area contributed by atoms with E-state index in [4.69, 9.17) is 0 Å². The fraction of sp³-hybridized carbons (Fsp3) is 0.105. The molecule has 0 unspecified atom stereocenters. The van der Waals surface area contributed by atoms with Gasteiger partial charge in [-0.1, -0.05) is 42.5 Å². The minimum Gasteiger partial charge on any atom is -0.347 e. The predicted octanol–water partition coefficient (Wildman–Crippen LogP) is 2.18. The third-order valence-electron chi connectivity index (χ3n) is 3.67. The van der Waals surface area contributed by atoms with Gasteiger partial charge >= 0.3 is 0 Å². The molecule has 0 saturated carbocycles. The summed E-state index contributed by atoms with van der Waals surface area (Å²) in [5.74, 6) is -0.513. The van der Waals surface area contributed by atoms with E-state index in [-0.39, 0.29) is 23.3 Å². The smallest absolute Gasteiger partial charge is 0.287 e. The number of pyridine rings is 1. The summed E-state index contributed by atoms with van der Waals surface area (Å²) >= 11 is 0. The fourth-order valence-corrected chi connectivity index (χ4v) is 2.47. The van der Waals surface area contributed by atoms with E-state index in [9.17, 15) is 9.59 Å². The molecule has 0 radical (unpaired) electrons. The molecule has 0 bridgehead atoms. The monoisotopic (exact) mass is 334 g/mol. The molecule has 0 aliphatic carbocycles. The first-order valence-corrected chi connectivity index (χ1v) is 7.89. The number of hydrogen-bond acceptors (Lipinski definition) is 3. The summed E-state index contributed by atoms with van der Waals surface area (Å²) in [6.07, 6.45) is 3.29. The highest BCUT2D eigenvalue weighted by molar-refractivity contribution is 6.02. The number of benzene rings is 1. The number of carbonyl (C=O) groups excluding carboxylic acids is 2. The number of imidazole rings is 1. The Hall–Kier alpha value is -3.41. The van der Waals surface area contributed by atoms with Gasteiger partial charge in [0.05, 0.1) is 5.52 Å². The van der Waals surface area contributed by atoms with Crippen molar-refractivity contribution >= 4 is 17.3 Å². The van der Waals surface area contributed by atoms with Crippen LogP contribution in [0.4, 0.5) is 0 Å². The Morgan fingerprint density at radius 2 is 1.80 bits per heavy atom. The van der Waals surface area contributed by atoms with Gasteiger partial charge in [0, 0.05) is 19.3 Å². The van der Waals surface area contributed by atoms with Crippen molar-refractivity contribution < 1.29 is 9.59 Å². The van der Waals surface area contributed by atoms with Crippen LogP contribution in [-0.4, -0.2) is 27.7 Å². The number of aromatic nitrogens is 2. The largest absolute Gasteiger partial charge is 0.347 e. The normalized spacial score (nSPS) is 10.4. The Morgan fingerprint density at radius 3 is 2.56 bits per heavy atom. The minimum atomic E-state index is -0.358. The standard InChI is InChI=1S/C19H18N4O2/c1-2-11-20-19(25)17-22-16(15-10-6-7-12-23(15)17)18(24)21-13-14-8-4-3-5-9-14/h2-10,12H,1,11,13H2,(H,20,25)(H,21,24). The van der Waals surface area contributed by atoms with E-state index in [1.54, 1.807) is 34.9 Å². The van der Waals surface area contributed by atoms with Crippen molar-refractivity contribution in [2.24, 2.45) is 0 Å². The Balaban J connectivity index is 1.86. The average molecular weight is 334 g/mol. The maximum absolute atomic E-state index is 12.5. The van der Waals surface area contributed by atoms with Gasteiger partial charge in [-0.3, -0.25) is 14.0 Å². The van der Waals surface area contributed by atoms with E-state index in [2.05, 4.69) is 22.2 Å². The van der Waals surface area contributed by atoms with Crippen LogP contribution in [0.15, 0.2) is 67.4 Å². The Bertz CT molecular complexity index is 916. The quantitative estimate of drug-likeness (QED) is 0.679. The maximum atomic E-state index is 12.5. The summed E-state index contributed by atoms with van der Waals surface area (Å²) in [5.41, 5.74) is 1.79. The highest BCUT2D eigenvalue weighted by Gasteiger charge is 2.20. The second-order valence-electron chi connectivity index (χ2n) is 5.41. The molecule has 3 aromatic rings. The molecule has 2 N–H and O–H groups in total. The molecule has 0 atom stereocenters. The molecule has 6 nitrogen and oxygen atoms in total. The van der Waals surface area contributed by atoms with E-state index in [1.807, 2.05) is 30.3 Å². The highest BCUT2D eigenvalue weighted by Crippen LogP contribution is 2.13. The molecule has 0 fully saturated rings. The maximum Gasteiger partial charge on any atom is 0.287 e. The van der Waals surface area contributed by atoms with Gasteiger partial charge in [-0.25, -0.2) is 4.98 Å². The second kappa shape index (κ2) is 7.44. The molecular formula is C19H18N4O2. The van der Waals surface area contributed by atoms with Gasteiger partial charge in [0.2, 0.25) is 5.82 Å².